The fraction of sp³-hybridized carbons (Fsp3) is 0.273. The molecule has 0 radical (unpaired) electrons. The second kappa shape index (κ2) is 4.40. The van der Waals surface area contributed by atoms with Crippen LogP contribution in [-0.2, 0) is 0 Å². The van der Waals surface area contributed by atoms with E-state index in [1.165, 1.54) is 0 Å². The van der Waals surface area contributed by atoms with Crippen LogP contribution >= 0.6 is 11.3 Å². The first-order valence-electron chi connectivity index (χ1n) is 4.84. The topological polar surface area (TPSA) is 37.8 Å². The molecule has 0 aliphatic heterocycles. The summed E-state index contributed by atoms with van der Waals surface area (Å²) in [6, 6.07) is 4.15. The van der Waals surface area contributed by atoms with Crippen LogP contribution in [0.15, 0.2) is 29.9 Å². The van der Waals surface area contributed by atoms with Crippen molar-refractivity contribution in [1.29, 1.82) is 0 Å². The molecule has 0 aliphatic rings. The predicted molar refractivity (Wildman–Crippen MR) is 63.1 cm³/mol. The summed E-state index contributed by atoms with van der Waals surface area (Å²) in [4.78, 5) is 8.42. The van der Waals surface area contributed by atoms with Gasteiger partial charge in [-0.3, -0.25) is 4.98 Å². The highest BCUT2D eigenvalue weighted by Gasteiger charge is 2.08. The molecule has 1 unspecified atom stereocenters. The molecule has 0 fully saturated rings. The Kier molecular flexibility index (Phi) is 2.97. The second-order valence-electron chi connectivity index (χ2n) is 3.43. The van der Waals surface area contributed by atoms with Crippen LogP contribution in [0.3, 0.4) is 0 Å². The molecule has 0 aliphatic carbocycles. The predicted octanol–water partition coefficient (Wildman–Crippen LogP) is 3.02. The Balaban J connectivity index is 2.07. The zero-order chi connectivity index (χ0) is 10.7. The average molecular weight is 219 g/mol. The van der Waals surface area contributed by atoms with Gasteiger partial charge in [-0.05, 0) is 26.0 Å². The lowest BCUT2D eigenvalue weighted by atomic mass is 10.3. The first-order chi connectivity index (χ1) is 7.25. The molecule has 78 valence electrons. The van der Waals surface area contributed by atoms with Crippen molar-refractivity contribution in [3.05, 3.63) is 40.6 Å². The van der Waals surface area contributed by atoms with Crippen molar-refractivity contribution >= 4 is 17.0 Å². The number of nitrogens with one attached hydrogen (secondary N) is 1. The summed E-state index contributed by atoms with van der Waals surface area (Å²) in [5.41, 5.74) is 2.16. The maximum atomic E-state index is 4.45. The lowest BCUT2D eigenvalue weighted by molar-refractivity contribution is 0.863. The first-order valence-corrected chi connectivity index (χ1v) is 5.72. The SMILES string of the molecule is Cc1csc(C(C)Nc2ccncc2)n1. The first kappa shape index (κ1) is 10.1. The zero-order valence-corrected chi connectivity index (χ0v) is 9.58. The largest absolute Gasteiger partial charge is 0.376 e. The molecule has 4 heteroatoms. The lowest BCUT2D eigenvalue weighted by Crippen LogP contribution is -2.06. The monoisotopic (exact) mass is 219 g/mol. The minimum absolute atomic E-state index is 0.242. The number of thiazole rings is 1. The van der Waals surface area contributed by atoms with Crippen molar-refractivity contribution in [3.63, 3.8) is 0 Å². The standard InChI is InChI=1S/C11H13N3S/c1-8-7-15-11(13-8)9(2)14-10-3-5-12-6-4-10/h3-7,9H,1-2H3,(H,12,14). The summed E-state index contributed by atoms with van der Waals surface area (Å²) in [5.74, 6) is 0. The van der Waals surface area contributed by atoms with E-state index >= 15 is 0 Å². The Hall–Kier alpha value is -1.42. The summed E-state index contributed by atoms with van der Waals surface area (Å²) in [6.07, 6.45) is 3.56. The van der Waals surface area contributed by atoms with Gasteiger partial charge in [0.1, 0.15) is 5.01 Å². The van der Waals surface area contributed by atoms with Crippen molar-refractivity contribution in [2.24, 2.45) is 0 Å². The molecule has 0 amide bonds. The Morgan fingerprint density at radius 1 is 1.33 bits per heavy atom. The molecule has 0 saturated heterocycles. The van der Waals surface area contributed by atoms with Crippen LogP contribution in [0.2, 0.25) is 0 Å². The normalized spacial score (nSPS) is 12.4. The Labute approximate surface area is 93.2 Å². The summed E-state index contributed by atoms with van der Waals surface area (Å²) in [6.45, 7) is 4.12. The van der Waals surface area contributed by atoms with Crippen molar-refractivity contribution in [3.8, 4) is 0 Å². The van der Waals surface area contributed by atoms with E-state index in [9.17, 15) is 0 Å². The fourth-order valence-corrected chi connectivity index (χ4v) is 2.13. The number of aromatic nitrogens is 2. The van der Waals surface area contributed by atoms with Gasteiger partial charge in [-0.1, -0.05) is 0 Å². The Morgan fingerprint density at radius 2 is 2.07 bits per heavy atom. The third kappa shape index (κ3) is 2.53. The van der Waals surface area contributed by atoms with Gasteiger partial charge in [-0.2, -0.15) is 0 Å². The highest BCUT2D eigenvalue weighted by molar-refractivity contribution is 7.09. The molecular weight excluding hydrogens is 206 g/mol. The molecule has 2 rings (SSSR count). The van der Waals surface area contributed by atoms with Gasteiger partial charge in [0, 0.05) is 29.2 Å². The molecular formula is C11H13N3S. The molecule has 1 N–H and O–H groups in total. The van der Waals surface area contributed by atoms with E-state index in [1.807, 2.05) is 19.1 Å². The minimum Gasteiger partial charge on any atom is -0.376 e. The third-order valence-electron chi connectivity index (χ3n) is 2.07. The Bertz CT molecular complexity index is 424. The van der Waals surface area contributed by atoms with Gasteiger partial charge in [0.25, 0.3) is 0 Å². The quantitative estimate of drug-likeness (QED) is 0.862. The van der Waals surface area contributed by atoms with Crippen molar-refractivity contribution < 1.29 is 0 Å². The molecule has 1 atom stereocenters. The number of rotatable bonds is 3. The number of hydrogen-bond donors (Lipinski definition) is 1. The highest BCUT2D eigenvalue weighted by Crippen LogP contribution is 2.21. The molecule has 3 nitrogen and oxygen atoms in total. The zero-order valence-electron chi connectivity index (χ0n) is 8.77. The smallest absolute Gasteiger partial charge is 0.115 e. The number of anilines is 1. The van der Waals surface area contributed by atoms with Crippen molar-refractivity contribution in [1.82, 2.24) is 9.97 Å². The van der Waals surface area contributed by atoms with Crippen LogP contribution in [0.5, 0.6) is 0 Å². The molecule has 2 heterocycles. The minimum atomic E-state index is 0.242. The molecule has 0 saturated carbocycles. The van der Waals surface area contributed by atoms with E-state index < -0.39 is 0 Å². The van der Waals surface area contributed by atoms with E-state index in [0.29, 0.717) is 0 Å². The Morgan fingerprint density at radius 3 is 2.67 bits per heavy atom. The summed E-state index contributed by atoms with van der Waals surface area (Å²) < 4.78 is 0. The molecule has 0 aromatic carbocycles. The fourth-order valence-electron chi connectivity index (χ4n) is 1.33. The van der Waals surface area contributed by atoms with Crippen LogP contribution in [0.25, 0.3) is 0 Å². The van der Waals surface area contributed by atoms with Gasteiger partial charge in [-0.25, -0.2) is 4.98 Å². The van der Waals surface area contributed by atoms with Crippen LogP contribution < -0.4 is 5.32 Å². The van der Waals surface area contributed by atoms with Gasteiger partial charge < -0.3 is 5.32 Å². The van der Waals surface area contributed by atoms with Crippen LogP contribution in [0.1, 0.15) is 23.7 Å². The number of pyridine rings is 1. The maximum Gasteiger partial charge on any atom is 0.115 e. The maximum absolute atomic E-state index is 4.45. The van der Waals surface area contributed by atoms with Crippen LogP contribution in [0.4, 0.5) is 5.69 Å². The third-order valence-corrected chi connectivity index (χ3v) is 3.22. The molecule has 0 bridgehead atoms. The van der Waals surface area contributed by atoms with E-state index in [4.69, 9.17) is 0 Å². The molecule has 0 spiro atoms. The summed E-state index contributed by atoms with van der Waals surface area (Å²) in [7, 11) is 0. The summed E-state index contributed by atoms with van der Waals surface area (Å²) in [5, 5.41) is 6.56. The van der Waals surface area contributed by atoms with Gasteiger partial charge in [-0.15, -0.1) is 11.3 Å². The highest BCUT2D eigenvalue weighted by atomic mass is 32.1. The van der Waals surface area contributed by atoms with Crippen LogP contribution in [0, 0.1) is 6.92 Å². The number of hydrogen-bond acceptors (Lipinski definition) is 4. The number of aryl methyl sites for hydroxylation is 1. The van der Waals surface area contributed by atoms with Gasteiger partial charge >= 0.3 is 0 Å². The molecule has 15 heavy (non-hydrogen) atoms. The molecule has 2 aromatic rings. The van der Waals surface area contributed by atoms with Crippen LogP contribution in [-0.4, -0.2) is 9.97 Å². The molecule has 2 aromatic heterocycles. The van der Waals surface area contributed by atoms with Gasteiger partial charge in [0.15, 0.2) is 0 Å². The van der Waals surface area contributed by atoms with Gasteiger partial charge in [0.2, 0.25) is 0 Å². The van der Waals surface area contributed by atoms with E-state index in [1.54, 1.807) is 23.7 Å². The van der Waals surface area contributed by atoms with Crippen molar-refractivity contribution in [2.75, 3.05) is 5.32 Å². The van der Waals surface area contributed by atoms with Crippen molar-refractivity contribution in [2.45, 2.75) is 19.9 Å². The van der Waals surface area contributed by atoms with Gasteiger partial charge in [0.05, 0.1) is 6.04 Å². The van der Waals surface area contributed by atoms with E-state index in [-0.39, 0.29) is 6.04 Å². The second-order valence-corrected chi connectivity index (χ2v) is 4.32. The average Bonchev–Trinajstić information content (AvgIpc) is 2.66. The van der Waals surface area contributed by atoms with E-state index in [0.717, 1.165) is 16.4 Å². The summed E-state index contributed by atoms with van der Waals surface area (Å²) >= 11 is 1.69. The van der Waals surface area contributed by atoms with E-state index in [2.05, 4.69) is 27.6 Å². The lowest BCUT2D eigenvalue weighted by Gasteiger charge is -2.11. The number of nitrogens with zero attached hydrogens (tertiary/aromatic N) is 2.